The Morgan fingerprint density at radius 2 is 1.80 bits per heavy atom. The van der Waals surface area contributed by atoms with Gasteiger partial charge in [0.2, 0.25) is 0 Å². The van der Waals surface area contributed by atoms with Gasteiger partial charge in [-0.2, -0.15) is 0 Å². The van der Waals surface area contributed by atoms with Crippen molar-refractivity contribution < 1.29 is 9.50 Å². The molecule has 0 spiro atoms. The highest BCUT2D eigenvalue weighted by atomic mass is 19.1. The topological polar surface area (TPSA) is 68.6 Å². The maximum atomic E-state index is 14.1. The Morgan fingerprint density at radius 3 is 2.50 bits per heavy atom. The van der Waals surface area contributed by atoms with Gasteiger partial charge in [-0.3, -0.25) is 4.98 Å². The van der Waals surface area contributed by atoms with Crippen molar-refractivity contribution in [1.82, 2.24) is 15.0 Å². The number of hydrogen-bond acceptors (Lipinski definition) is 7. The van der Waals surface area contributed by atoms with E-state index in [9.17, 15) is 9.50 Å². The van der Waals surface area contributed by atoms with Crippen molar-refractivity contribution in [3.63, 3.8) is 0 Å². The van der Waals surface area contributed by atoms with Gasteiger partial charge in [0.15, 0.2) is 5.82 Å². The zero-order chi connectivity index (χ0) is 20.9. The standard InChI is InChI=1S/C22H25FN6O/c1-27(13-14-30)20-15-21(26-22(25-20)17-5-4-8-24-16-17)29-11-9-28(10-12-29)19-7-3-2-6-18(19)23/h2-8,15-16,30H,9-14H2,1H3. The first kappa shape index (κ1) is 20.0. The molecule has 0 unspecified atom stereocenters. The Labute approximate surface area is 175 Å². The van der Waals surface area contributed by atoms with Crippen LogP contribution in [-0.2, 0) is 0 Å². The van der Waals surface area contributed by atoms with Crippen LogP contribution in [0.1, 0.15) is 0 Å². The summed E-state index contributed by atoms with van der Waals surface area (Å²) in [4.78, 5) is 19.8. The first-order valence-electron chi connectivity index (χ1n) is 10.0. The summed E-state index contributed by atoms with van der Waals surface area (Å²) in [6, 6.07) is 12.6. The van der Waals surface area contributed by atoms with E-state index in [1.54, 1.807) is 18.5 Å². The fourth-order valence-corrected chi connectivity index (χ4v) is 3.55. The van der Waals surface area contributed by atoms with Gasteiger partial charge in [0.1, 0.15) is 17.5 Å². The zero-order valence-electron chi connectivity index (χ0n) is 16.9. The van der Waals surface area contributed by atoms with Crippen LogP contribution in [0.4, 0.5) is 21.7 Å². The van der Waals surface area contributed by atoms with Crippen LogP contribution in [0.2, 0.25) is 0 Å². The second-order valence-corrected chi connectivity index (χ2v) is 7.22. The largest absolute Gasteiger partial charge is 0.395 e. The number of para-hydroxylation sites is 1. The number of hydrogen-bond donors (Lipinski definition) is 1. The molecule has 30 heavy (non-hydrogen) atoms. The van der Waals surface area contributed by atoms with Crippen molar-refractivity contribution in [3.8, 4) is 11.4 Å². The SMILES string of the molecule is CN(CCO)c1cc(N2CCN(c3ccccc3F)CC2)nc(-c2cccnc2)n1. The minimum Gasteiger partial charge on any atom is -0.395 e. The lowest BCUT2D eigenvalue weighted by molar-refractivity contribution is 0.304. The van der Waals surface area contributed by atoms with Crippen LogP contribution < -0.4 is 14.7 Å². The smallest absolute Gasteiger partial charge is 0.165 e. The maximum absolute atomic E-state index is 14.1. The summed E-state index contributed by atoms with van der Waals surface area (Å²) in [6.45, 7) is 3.37. The maximum Gasteiger partial charge on any atom is 0.165 e. The van der Waals surface area contributed by atoms with Crippen molar-refractivity contribution in [3.05, 3.63) is 60.7 Å². The van der Waals surface area contributed by atoms with E-state index in [1.165, 1.54) is 6.07 Å². The number of aliphatic hydroxyl groups excluding tert-OH is 1. The second kappa shape index (κ2) is 9.04. The number of piperazine rings is 1. The Bertz CT molecular complexity index is 978. The van der Waals surface area contributed by atoms with Crippen molar-refractivity contribution in [2.45, 2.75) is 0 Å². The second-order valence-electron chi connectivity index (χ2n) is 7.22. The molecular weight excluding hydrogens is 383 g/mol. The fraction of sp³-hybridized carbons (Fsp3) is 0.318. The molecule has 0 amide bonds. The van der Waals surface area contributed by atoms with Crippen LogP contribution in [0.5, 0.6) is 0 Å². The predicted molar refractivity (Wildman–Crippen MR) is 116 cm³/mol. The average Bonchev–Trinajstić information content (AvgIpc) is 2.80. The van der Waals surface area contributed by atoms with Crippen molar-refractivity contribution in [2.75, 3.05) is 61.1 Å². The molecule has 3 aromatic rings. The molecule has 0 radical (unpaired) electrons. The molecule has 1 aliphatic rings. The number of likely N-dealkylation sites (N-methyl/N-ethyl adjacent to an activating group) is 1. The molecule has 8 heteroatoms. The Morgan fingerprint density at radius 1 is 1.03 bits per heavy atom. The first-order chi connectivity index (χ1) is 14.7. The molecule has 1 aliphatic heterocycles. The van der Waals surface area contributed by atoms with Gasteiger partial charge in [-0.25, -0.2) is 14.4 Å². The lowest BCUT2D eigenvalue weighted by Gasteiger charge is -2.37. The molecule has 7 nitrogen and oxygen atoms in total. The van der Waals surface area contributed by atoms with E-state index >= 15 is 0 Å². The Balaban J connectivity index is 1.59. The van der Waals surface area contributed by atoms with Crippen LogP contribution in [0, 0.1) is 5.82 Å². The quantitative estimate of drug-likeness (QED) is 0.672. The summed E-state index contributed by atoms with van der Waals surface area (Å²) in [7, 11) is 1.89. The molecule has 3 heterocycles. The number of rotatable bonds is 6. The fourth-order valence-electron chi connectivity index (χ4n) is 3.55. The van der Waals surface area contributed by atoms with Crippen LogP contribution in [0.3, 0.4) is 0 Å². The molecule has 4 rings (SSSR count). The van der Waals surface area contributed by atoms with Gasteiger partial charge in [-0.15, -0.1) is 0 Å². The Kier molecular flexibility index (Phi) is 6.04. The van der Waals surface area contributed by atoms with E-state index in [2.05, 4.69) is 19.8 Å². The molecule has 2 aromatic heterocycles. The highest BCUT2D eigenvalue weighted by Crippen LogP contribution is 2.26. The average molecular weight is 408 g/mol. The number of nitrogens with zero attached hydrogens (tertiary/aromatic N) is 6. The molecule has 1 saturated heterocycles. The number of benzene rings is 1. The third-order valence-corrected chi connectivity index (χ3v) is 5.24. The summed E-state index contributed by atoms with van der Waals surface area (Å²) in [5.74, 6) is 1.96. The normalized spacial score (nSPS) is 14.1. The molecule has 0 aliphatic carbocycles. The van der Waals surface area contributed by atoms with E-state index in [0.29, 0.717) is 31.1 Å². The summed E-state index contributed by atoms with van der Waals surface area (Å²) >= 11 is 0. The van der Waals surface area contributed by atoms with Gasteiger partial charge in [0.05, 0.1) is 12.3 Å². The van der Waals surface area contributed by atoms with E-state index in [4.69, 9.17) is 4.98 Å². The third-order valence-electron chi connectivity index (χ3n) is 5.24. The number of aromatic nitrogens is 3. The van der Waals surface area contributed by atoms with E-state index in [1.807, 2.05) is 42.3 Å². The molecule has 1 fully saturated rings. The van der Waals surface area contributed by atoms with Crippen molar-refractivity contribution in [1.29, 1.82) is 0 Å². The van der Waals surface area contributed by atoms with Crippen LogP contribution in [-0.4, -0.2) is 66.4 Å². The molecule has 1 aromatic carbocycles. The minimum atomic E-state index is -0.195. The summed E-state index contributed by atoms with van der Waals surface area (Å²) in [5.41, 5.74) is 1.47. The van der Waals surface area contributed by atoms with E-state index in [0.717, 1.165) is 30.3 Å². The van der Waals surface area contributed by atoms with E-state index in [-0.39, 0.29) is 12.4 Å². The molecule has 1 N–H and O–H groups in total. The van der Waals surface area contributed by atoms with Crippen LogP contribution in [0.15, 0.2) is 54.9 Å². The molecule has 156 valence electrons. The van der Waals surface area contributed by atoms with E-state index < -0.39 is 0 Å². The molecule has 0 atom stereocenters. The highest BCUT2D eigenvalue weighted by molar-refractivity contribution is 5.62. The van der Waals surface area contributed by atoms with Gasteiger partial charge >= 0.3 is 0 Å². The molecule has 0 saturated carbocycles. The van der Waals surface area contributed by atoms with Crippen LogP contribution in [0.25, 0.3) is 11.4 Å². The number of pyridine rings is 1. The first-order valence-corrected chi connectivity index (χ1v) is 10.0. The lowest BCUT2D eigenvalue weighted by atomic mass is 10.2. The minimum absolute atomic E-state index is 0.0410. The third kappa shape index (κ3) is 4.33. The zero-order valence-corrected chi connectivity index (χ0v) is 16.9. The molecular formula is C22H25FN6O. The van der Waals surface area contributed by atoms with Gasteiger partial charge < -0.3 is 19.8 Å². The van der Waals surface area contributed by atoms with Gasteiger partial charge in [0, 0.05) is 63.8 Å². The van der Waals surface area contributed by atoms with Gasteiger partial charge in [-0.1, -0.05) is 12.1 Å². The van der Waals surface area contributed by atoms with Gasteiger partial charge in [0.25, 0.3) is 0 Å². The highest BCUT2D eigenvalue weighted by Gasteiger charge is 2.22. The van der Waals surface area contributed by atoms with Gasteiger partial charge in [-0.05, 0) is 24.3 Å². The monoisotopic (exact) mass is 408 g/mol. The summed E-state index contributed by atoms with van der Waals surface area (Å²) < 4.78 is 14.1. The number of halogens is 1. The number of anilines is 3. The summed E-state index contributed by atoms with van der Waals surface area (Å²) in [5, 5.41) is 9.32. The Hall–Kier alpha value is -3.26. The van der Waals surface area contributed by atoms with Crippen molar-refractivity contribution >= 4 is 17.3 Å². The molecule has 0 bridgehead atoms. The van der Waals surface area contributed by atoms with Crippen LogP contribution >= 0.6 is 0 Å². The van der Waals surface area contributed by atoms with Crippen molar-refractivity contribution in [2.24, 2.45) is 0 Å². The predicted octanol–water partition coefficient (Wildman–Crippen LogP) is 2.43. The summed E-state index contributed by atoms with van der Waals surface area (Å²) in [6.07, 6.45) is 3.46. The lowest BCUT2D eigenvalue weighted by Crippen LogP contribution is -2.47. The number of aliphatic hydroxyl groups is 1.